The summed E-state index contributed by atoms with van der Waals surface area (Å²) < 4.78 is 26.8. The van der Waals surface area contributed by atoms with Gasteiger partial charge < -0.3 is 0 Å². The average molecular weight is 419 g/mol. The number of hydrogen-bond donors (Lipinski definition) is 1. The lowest BCUT2D eigenvalue weighted by Crippen LogP contribution is -2.33. The fraction of sp³-hybridized carbons (Fsp3) is 0.591. The summed E-state index contributed by atoms with van der Waals surface area (Å²) in [5.41, 5.74) is 5.05. The molecule has 0 spiro atoms. The van der Waals surface area contributed by atoms with Gasteiger partial charge in [0.25, 0.3) is 0 Å². The van der Waals surface area contributed by atoms with Crippen molar-refractivity contribution in [2.45, 2.75) is 52.6 Å². The van der Waals surface area contributed by atoms with E-state index in [9.17, 15) is 8.42 Å². The van der Waals surface area contributed by atoms with Gasteiger partial charge in [-0.05, 0) is 69.7 Å². The van der Waals surface area contributed by atoms with E-state index in [0.717, 1.165) is 50.6 Å². The lowest BCUT2D eigenvalue weighted by Gasteiger charge is -2.32. The molecule has 0 atom stereocenters. The van der Waals surface area contributed by atoms with Gasteiger partial charge >= 0.3 is 0 Å². The van der Waals surface area contributed by atoms with Gasteiger partial charge in [0.1, 0.15) is 0 Å². The second-order valence-electron chi connectivity index (χ2n) is 8.25. The Balaban J connectivity index is 1.42. The van der Waals surface area contributed by atoms with Crippen LogP contribution in [-0.2, 0) is 36.0 Å². The minimum Gasteiger partial charge on any atom is -0.299 e. The van der Waals surface area contributed by atoms with Crippen molar-refractivity contribution in [3.63, 3.8) is 0 Å². The van der Waals surface area contributed by atoms with Gasteiger partial charge in [-0.2, -0.15) is 5.10 Å². The van der Waals surface area contributed by atoms with E-state index in [1.54, 1.807) is 0 Å². The molecule has 0 saturated carbocycles. The Bertz CT molecular complexity index is 882. The molecule has 3 rings (SSSR count). The zero-order chi connectivity index (χ0) is 20.9. The zero-order valence-electron chi connectivity index (χ0n) is 17.9. The molecule has 1 saturated heterocycles. The van der Waals surface area contributed by atoms with E-state index >= 15 is 0 Å². The molecule has 2 aromatic rings. The largest absolute Gasteiger partial charge is 0.299 e. The van der Waals surface area contributed by atoms with E-state index in [-0.39, 0.29) is 0 Å². The van der Waals surface area contributed by atoms with E-state index < -0.39 is 10.0 Å². The molecule has 6 nitrogen and oxygen atoms in total. The molecule has 7 heteroatoms. The third-order valence-corrected chi connectivity index (χ3v) is 6.53. The van der Waals surface area contributed by atoms with Crippen LogP contribution in [0.5, 0.6) is 0 Å². The summed E-state index contributed by atoms with van der Waals surface area (Å²) in [5, 5.41) is 4.56. The summed E-state index contributed by atoms with van der Waals surface area (Å²) in [6.45, 7) is 8.92. The topological polar surface area (TPSA) is 67.2 Å². The summed E-state index contributed by atoms with van der Waals surface area (Å²) in [6.07, 6.45) is 7.71. The number of nitrogens with one attached hydrogen (secondary N) is 1. The number of rotatable bonds is 9. The maximum Gasteiger partial charge on any atom is 0.208 e. The van der Waals surface area contributed by atoms with Crippen LogP contribution in [0.15, 0.2) is 30.5 Å². The van der Waals surface area contributed by atoms with Crippen LogP contribution >= 0.6 is 0 Å². The standard InChI is InChI=1S/C22H34N4O2S/c1-4-26-17-22(18(2)24-26)16-25-13-10-21(11-14-25)15-20-7-5-19(6-8-20)9-12-23-29(3,27)28/h5-8,17,21,23H,4,9-16H2,1-3H3. The van der Waals surface area contributed by atoms with Crippen LogP contribution in [0, 0.1) is 12.8 Å². The van der Waals surface area contributed by atoms with Crippen LogP contribution in [0.3, 0.4) is 0 Å². The van der Waals surface area contributed by atoms with Crippen molar-refractivity contribution in [1.82, 2.24) is 19.4 Å². The molecular formula is C22H34N4O2S. The highest BCUT2D eigenvalue weighted by Gasteiger charge is 2.20. The fourth-order valence-corrected chi connectivity index (χ4v) is 4.49. The number of nitrogens with zero attached hydrogens (tertiary/aromatic N) is 3. The van der Waals surface area contributed by atoms with Crippen LogP contribution in [0.4, 0.5) is 0 Å². The van der Waals surface area contributed by atoms with Crippen molar-refractivity contribution < 1.29 is 8.42 Å². The zero-order valence-corrected chi connectivity index (χ0v) is 18.7. The van der Waals surface area contributed by atoms with Crippen LogP contribution in [0.2, 0.25) is 0 Å². The average Bonchev–Trinajstić information content (AvgIpc) is 3.03. The normalized spacial score (nSPS) is 16.4. The number of aromatic nitrogens is 2. The summed E-state index contributed by atoms with van der Waals surface area (Å²) in [5.74, 6) is 0.739. The molecule has 160 valence electrons. The SMILES string of the molecule is CCn1cc(CN2CCC(Cc3ccc(CCNS(C)(=O)=O)cc3)CC2)c(C)n1. The highest BCUT2D eigenvalue weighted by atomic mass is 32.2. The molecule has 0 radical (unpaired) electrons. The predicted octanol–water partition coefficient (Wildman–Crippen LogP) is 2.76. The lowest BCUT2D eigenvalue weighted by molar-refractivity contribution is 0.176. The minimum absolute atomic E-state index is 0.452. The molecule has 1 aliphatic heterocycles. The molecule has 1 aromatic carbocycles. The third-order valence-electron chi connectivity index (χ3n) is 5.80. The summed E-state index contributed by atoms with van der Waals surface area (Å²) >= 11 is 0. The van der Waals surface area contributed by atoms with Gasteiger partial charge in [-0.25, -0.2) is 13.1 Å². The van der Waals surface area contributed by atoms with Gasteiger partial charge in [0.15, 0.2) is 0 Å². The quantitative estimate of drug-likeness (QED) is 0.680. The Hall–Kier alpha value is -1.70. The molecule has 1 aromatic heterocycles. The maximum absolute atomic E-state index is 11.1. The number of hydrogen-bond acceptors (Lipinski definition) is 4. The Morgan fingerprint density at radius 3 is 2.38 bits per heavy atom. The highest BCUT2D eigenvalue weighted by molar-refractivity contribution is 7.88. The van der Waals surface area contributed by atoms with Crippen LogP contribution in [-0.4, -0.2) is 49.0 Å². The summed E-state index contributed by atoms with van der Waals surface area (Å²) in [4.78, 5) is 2.55. The molecule has 29 heavy (non-hydrogen) atoms. The molecule has 0 aliphatic carbocycles. The smallest absolute Gasteiger partial charge is 0.208 e. The van der Waals surface area contributed by atoms with Gasteiger partial charge in [0.05, 0.1) is 11.9 Å². The van der Waals surface area contributed by atoms with Gasteiger partial charge in [0, 0.05) is 31.4 Å². The Morgan fingerprint density at radius 1 is 1.14 bits per heavy atom. The molecule has 1 N–H and O–H groups in total. The second kappa shape index (κ2) is 9.87. The number of sulfonamides is 1. The van der Waals surface area contributed by atoms with Crippen molar-refractivity contribution >= 4 is 10.0 Å². The first-order chi connectivity index (χ1) is 13.8. The number of likely N-dealkylation sites (tertiary alicyclic amines) is 1. The van der Waals surface area contributed by atoms with E-state index in [0.29, 0.717) is 6.54 Å². The Labute approximate surface area is 175 Å². The van der Waals surface area contributed by atoms with E-state index in [2.05, 4.69) is 59.0 Å². The van der Waals surface area contributed by atoms with Crippen molar-refractivity contribution in [3.05, 3.63) is 52.8 Å². The minimum atomic E-state index is -3.11. The van der Waals surface area contributed by atoms with Crippen molar-refractivity contribution in [3.8, 4) is 0 Å². The van der Waals surface area contributed by atoms with Gasteiger partial charge in [-0.3, -0.25) is 9.58 Å². The fourth-order valence-electron chi connectivity index (χ4n) is 4.02. The molecule has 0 unspecified atom stereocenters. The molecule has 1 aliphatic rings. The van der Waals surface area contributed by atoms with Crippen molar-refractivity contribution in [2.24, 2.45) is 5.92 Å². The third kappa shape index (κ3) is 6.94. The molecule has 2 heterocycles. The van der Waals surface area contributed by atoms with Gasteiger partial charge in [-0.15, -0.1) is 0 Å². The lowest BCUT2D eigenvalue weighted by atomic mass is 9.89. The van der Waals surface area contributed by atoms with Crippen molar-refractivity contribution in [1.29, 1.82) is 0 Å². The first kappa shape index (κ1) is 22.0. The number of piperidine rings is 1. The molecule has 1 fully saturated rings. The summed E-state index contributed by atoms with van der Waals surface area (Å²) in [7, 11) is -3.11. The Kier molecular flexibility index (Phi) is 7.49. The molecule has 0 bridgehead atoms. The Morgan fingerprint density at radius 2 is 1.79 bits per heavy atom. The van der Waals surface area contributed by atoms with E-state index in [4.69, 9.17) is 0 Å². The van der Waals surface area contributed by atoms with Crippen molar-refractivity contribution in [2.75, 3.05) is 25.9 Å². The second-order valence-corrected chi connectivity index (χ2v) is 10.1. The first-order valence-corrected chi connectivity index (χ1v) is 12.5. The van der Waals surface area contributed by atoms with Gasteiger partial charge in [-0.1, -0.05) is 24.3 Å². The maximum atomic E-state index is 11.1. The van der Waals surface area contributed by atoms with Crippen LogP contribution in [0.1, 0.15) is 42.1 Å². The monoisotopic (exact) mass is 418 g/mol. The van der Waals surface area contributed by atoms with Gasteiger partial charge in [0.2, 0.25) is 10.0 Å². The molecular weight excluding hydrogens is 384 g/mol. The molecule has 0 amide bonds. The van der Waals surface area contributed by atoms with E-state index in [1.165, 1.54) is 35.8 Å². The van der Waals surface area contributed by atoms with Crippen LogP contribution < -0.4 is 4.72 Å². The van der Waals surface area contributed by atoms with E-state index in [1.807, 2.05) is 4.68 Å². The number of aryl methyl sites for hydroxylation is 2. The first-order valence-electron chi connectivity index (χ1n) is 10.6. The van der Waals surface area contributed by atoms with Crippen LogP contribution in [0.25, 0.3) is 0 Å². The predicted molar refractivity (Wildman–Crippen MR) is 117 cm³/mol. The number of benzene rings is 1. The summed E-state index contributed by atoms with van der Waals surface area (Å²) in [6, 6.07) is 8.65. The highest BCUT2D eigenvalue weighted by Crippen LogP contribution is 2.23.